The van der Waals surface area contributed by atoms with Crippen LogP contribution in [0.15, 0.2) is 0 Å². The molecule has 0 bridgehead atoms. The Hall–Kier alpha value is -1.51. The first-order valence-electron chi connectivity index (χ1n) is 9.58. The summed E-state index contributed by atoms with van der Waals surface area (Å²) in [4.78, 5) is 18.7. The number of hydrogen-bond donors (Lipinski definition) is 2. The van der Waals surface area contributed by atoms with Crippen LogP contribution in [0, 0.1) is 12.8 Å². The summed E-state index contributed by atoms with van der Waals surface area (Å²) in [6, 6.07) is 0.323. The van der Waals surface area contributed by atoms with E-state index < -0.39 is 0 Å². The topological polar surface area (TPSA) is 84.7 Å². The molecule has 1 aliphatic carbocycles. The molecular formula is C18H27ClN6OS. The van der Waals surface area contributed by atoms with E-state index in [1.165, 1.54) is 17.7 Å². The Morgan fingerprint density at radius 2 is 2.11 bits per heavy atom. The zero-order valence-corrected chi connectivity index (χ0v) is 17.5. The second-order valence-corrected chi connectivity index (χ2v) is 8.39. The SMILES string of the molecule is CCC1CCc2nc(NC(=O)c3nnn(C4CCNCC4)c3C)sc2C1.Cl. The van der Waals surface area contributed by atoms with E-state index >= 15 is 0 Å². The maximum Gasteiger partial charge on any atom is 0.279 e. The first kappa shape index (κ1) is 20.2. The molecule has 2 aromatic heterocycles. The normalized spacial score (nSPS) is 20.0. The van der Waals surface area contributed by atoms with Crippen molar-refractivity contribution in [2.45, 2.75) is 58.4 Å². The van der Waals surface area contributed by atoms with Gasteiger partial charge in [0.05, 0.1) is 17.4 Å². The molecule has 0 radical (unpaired) electrons. The summed E-state index contributed by atoms with van der Waals surface area (Å²) >= 11 is 1.61. The fourth-order valence-corrected chi connectivity index (χ4v) is 5.07. The molecule has 4 rings (SSSR count). The van der Waals surface area contributed by atoms with Gasteiger partial charge in [0.2, 0.25) is 0 Å². The number of fused-ring (bicyclic) bond motifs is 1. The molecule has 0 aromatic carbocycles. The van der Waals surface area contributed by atoms with Gasteiger partial charge in [0.25, 0.3) is 5.91 Å². The average molecular weight is 411 g/mol. The monoisotopic (exact) mass is 410 g/mol. The number of piperidine rings is 1. The fourth-order valence-electron chi connectivity index (χ4n) is 3.95. The maximum atomic E-state index is 12.7. The molecule has 2 aromatic rings. The number of rotatable bonds is 4. The Morgan fingerprint density at radius 3 is 2.85 bits per heavy atom. The number of carbonyl (C=O) groups is 1. The molecule has 1 amide bonds. The van der Waals surface area contributed by atoms with E-state index in [0.29, 0.717) is 16.9 Å². The standard InChI is InChI=1S/C18H26N6OS.ClH/c1-3-12-4-5-14-15(10-12)26-18(20-14)21-17(25)16-11(2)24(23-22-16)13-6-8-19-9-7-13;/h12-13,19H,3-10H2,1-2H3,(H,20,21,25);1H. The molecule has 27 heavy (non-hydrogen) atoms. The summed E-state index contributed by atoms with van der Waals surface area (Å²) in [5, 5.41) is 15.4. The molecular weight excluding hydrogens is 384 g/mol. The van der Waals surface area contributed by atoms with Gasteiger partial charge in [-0.2, -0.15) is 0 Å². The highest BCUT2D eigenvalue weighted by Gasteiger charge is 2.25. The van der Waals surface area contributed by atoms with Crippen LogP contribution in [0.1, 0.15) is 65.4 Å². The van der Waals surface area contributed by atoms with E-state index in [2.05, 4.69) is 32.9 Å². The highest BCUT2D eigenvalue weighted by Crippen LogP contribution is 2.33. The van der Waals surface area contributed by atoms with Gasteiger partial charge in [0, 0.05) is 4.88 Å². The highest BCUT2D eigenvalue weighted by atomic mass is 35.5. The van der Waals surface area contributed by atoms with Crippen LogP contribution in [0.3, 0.4) is 0 Å². The third-order valence-corrected chi connectivity index (χ3v) is 6.67. The van der Waals surface area contributed by atoms with Gasteiger partial charge in [-0.3, -0.25) is 10.1 Å². The number of hydrogen-bond acceptors (Lipinski definition) is 6. The van der Waals surface area contributed by atoms with Crippen molar-refractivity contribution in [1.29, 1.82) is 0 Å². The van der Waals surface area contributed by atoms with Gasteiger partial charge >= 0.3 is 0 Å². The second kappa shape index (κ2) is 8.67. The summed E-state index contributed by atoms with van der Waals surface area (Å²) < 4.78 is 1.91. The van der Waals surface area contributed by atoms with Crippen molar-refractivity contribution in [3.63, 3.8) is 0 Å². The molecule has 1 atom stereocenters. The average Bonchev–Trinajstić information content (AvgIpc) is 3.24. The van der Waals surface area contributed by atoms with E-state index in [0.717, 1.165) is 56.1 Å². The molecule has 2 aliphatic rings. The predicted molar refractivity (Wildman–Crippen MR) is 109 cm³/mol. The number of amides is 1. The Morgan fingerprint density at radius 1 is 1.33 bits per heavy atom. The van der Waals surface area contributed by atoms with Gasteiger partial charge in [-0.1, -0.05) is 18.6 Å². The molecule has 0 saturated carbocycles. The minimum absolute atomic E-state index is 0. The van der Waals surface area contributed by atoms with Crippen LogP contribution in [-0.2, 0) is 12.8 Å². The van der Waals surface area contributed by atoms with E-state index in [4.69, 9.17) is 0 Å². The fraction of sp³-hybridized carbons (Fsp3) is 0.667. The maximum absolute atomic E-state index is 12.7. The minimum atomic E-state index is -0.208. The summed E-state index contributed by atoms with van der Waals surface area (Å²) in [5.41, 5.74) is 2.40. The Kier molecular flexibility index (Phi) is 6.49. The van der Waals surface area contributed by atoms with Crippen molar-refractivity contribution in [1.82, 2.24) is 25.3 Å². The number of nitrogens with zero attached hydrogens (tertiary/aromatic N) is 4. The van der Waals surface area contributed by atoms with Crippen LogP contribution in [0.5, 0.6) is 0 Å². The number of halogens is 1. The smallest absolute Gasteiger partial charge is 0.279 e. The van der Waals surface area contributed by atoms with Gasteiger partial charge in [0.1, 0.15) is 0 Å². The number of aryl methyl sites for hydroxylation is 1. The molecule has 1 unspecified atom stereocenters. The van der Waals surface area contributed by atoms with Crippen LogP contribution < -0.4 is 10.6 Å². The predicted octanol–water partition coefficient (Wildman–Crippen LogP) is 3.16. The van der Waals surface area contributed by atoms with Gasteiger partial charge in [0.15, 0.2) is 10.8 Å². The van der Waals surface area contributed by atoms with E-state index in [9.17, 15) is 4.79 Å². The molecule has 0 spiro atoms. The van der Waals surface area contributed by atoms with Crippen LogP contribution in [0.2, 0.25) is 0 Å². The molecule has 148 valence electrons. The van der Waals surface area contributed by atoms with Crippen molar-refractivity contribution >= 4 is 34.8 Å². The van der Waals surface area contributed by atoms with Gasteiger partial charge in [-0.25, -0.2) is 9.67 Å². The lowest BCUT2D eigenvalue weighted by molar-refractivity contribution is 0.102. The van der Waals surface area contributed by atoms with Gasteiger partial charge in [-0.15, -0.1) is 28.8 Å². The van der Waals surface area contributed by atoms with Crippen molar-refractivity contribution in [2.24, 2.45) is 5.92 Å². The zero-order valence-electron chi connectivity index (χ0n) is 15.8. The summed E-state index contributed by atoms with van der Waals surface area (Å²) in [5.74, 6) is 0.541. The quantitative estimate of drug-likeness (QED) is 0.808. The molecule has 1 saturated heterocycles. The molecule has 9 heteroatoms. The van der Waals surface area contributed by atoms with Crippen molar-refractivity contribution in [3.8, 4) is 0 Å². The Bertz CT molecular complexity index is 798. The first-order valence-corrected chi connectivity index (χ1v) is 10.4. The number of aromatic nitrogens is 4. The van der Waals surface area contributed by atoms with E-state index in [1.807, 2.05) is 11.6 Å². The molecule has 3 heterocycles. The summed E-state index contributed by atoms with van der Waals surface area (Å²) in [7, 11) is 0. The van der Waals surface area contributed by atoms with Crippen LogP contribution in [-0.4, -0.2) is 39.0 Å². The Balaban J connectivity index is 0.00000210. The third-order valence-electron chi connectivity index (χ3n) is 5.64. The summed E-state index contributed by atoms with van der Waals surface area (Å²) in [6.45, 7) is 6.13. The van der Waals surface area contributed by atoms with E-state index in [1.54, 1.807) is 11.3 Å². The van der Waals surface area contributed by atoms with Crippen molar-refractivity contribution in [3.05, 3.63) is 22.0 Å². The Labute approximate surface area is 169 Å². The largest absolute Gasteiger partial charge is 0.317 e. The lowest BCUT2D eigenvalue weighted by Crippen LogP contribution is -2.30. The number of thiazole rings is 1. The lowest BCUT2D eigenvalue weighted by Gasteiger charge is -2.23. The second-order valence-electron chi connectivity index (χ2n) is 7.31. The van der Waals surface area contributed by atoms with E-state index in [-0.39, 0.29) is 18.3 Å². The van der Waals surface area contributed by atoms with Gasteiger partial charge < -0.3 is 5.32 Å². The number of nitrogens with one attached hydrogen (secondary N) is 2. The molecule has 7 nitrogen and oxygen atoms in total. The zero-order chi connectivity index (χ0) is 18.1. The number of anilines is 1. The van der Waals surface area contributed by atoms with Gasteiger partial charge in [-0.05, 0) is 58.0 Å². The molecule has 1 fully saturated rings. The summed E-state index contributed by atoms with van der Waals surface area (Å²) in [6.07, 6.45) is 6.55. The van der Waals surface area contributed by atoms with Crippen LogP contribution in [0.25, 0.3) is 0 Å². The lowest BCUT2D eigenvalue weighted by atomic mass is 9.89. The first-order chi connectivity index (χ1) is 12.7. The molecule has 1 aliphatic heterocycles. The van der Waals surface area contributed by atoms with Crippen molar-refractivity contribution < 1.29 is 4.79 Å². The minimum Gasteiger partial charge on any atom is -0.317 e. The van der Waals surface area contributed by atoms with Crippen LogP contribution >= 0.6 is 23.7 Å². The van der Waals surface area contributed by atoms with Crippen molar-refractivity contribution in [2.75, 3.05) is 18.4 Å². The van der Waals surface area contributed by atoms with Crippen LogP contribution in [0.4, 0.5) is 5.13 Å². The molecule has 2 N–H and O–H groups in total. The third kappa shape index (κ3) is 4.17. The number of carbonyl (C=O) groups excluding carboxylic acids is 1. The highest BCUT2D eigenvalue weighted by molar-refractivity contribution is 7.15.